The number of carbonyl (C=O) groups is 2. The Bertz CT molecular complexity index is 804. The molecule has 1 saturated heterocycles. The third kappa shape index (κ3) is 5.96. The molecule has 7 nitrogen and oxygen atoms in total. The van der Waals surface area contributed by atoms with Crippen molar-refractivity contribution in [2.45, 2.75) is 49.1 Å². The number of amides is 2. The molecule has 0 unspecified atom stereocenters. The van der Waals surface area contributed by atoms with Gasteiger partial charge in [0.05, 0.1) is 4.90 Å². The highest BCUT2D eigenvalue weighted by Crippen LogP contribution is 2.24. The van der Waals surface area contributed by atoms with Gasteiger partial charge in [-0.05, 0) is 56.2 Å². The Morgan fingerprint density at radius 1 is 1.14 bits per heavy atom. The maximum Gasteiger partial charge on any atom is 0.243 e. The van der Waals surface area contributed by atoms with Crippen molar-refractivity contribution in [2.75, 3.05) is 25.1 Å². The van der Waals surface area contributed by atoms with Crippen molar-refractivity contribution in [1.29, 1.82) is 0 Å². The molecule has 2 aliphatic rings. The number of rotatable bonds is 9. The molecule has 1 heterocycles. The first-order valence-electron chi connectivity index (χ1n) is 10.1. The summed E-state index contributed by atoms with van der Waals surface area (Å²) in [4.78, 5) is 25.4. The maximum atomic E-state index is 12.7. The minimum absolute atomic E-state index is 0.112. The highest BCUT2D eigenvalue weighted by molar-refractivity contribution is 7.98. The molecule has 0 spiro atoms. The zero-order chi connectivity index (χ0) is 20.9. The summed E-state index contributed by atoms with van der Waals surface area (Å²) in [5, 5.41) is 5.87. The molecule has 1 aromatic rings. The van der Waals surface area contributed by atoms with E-state index in [0.29, 0.717) is 32.4 Å². The predicted octanol–water partition coefficient (Wildman–Crippen LogP) is 1.60. The van der Waals surface area contributed by atoms with Crippen LogP contribution in [-0.4, -0.2) is 61.7 Å². The summed E-state index contributed by atoms with van der Waals surface area (Å²) in [6.07, 6.45) is 5.48. The van der Waals surface area contributed by atoms with Gasteiger partial charge >= 0.3 is 0 Å². The third-order valence-electron chi connectivity index (χ3n) is 5.37. The fraction of sp³-hybridized carbons (Fsp3) is 0.600. The van der Waals surface area contributed by atoms with Crippen LogP contribution in [0.3, 0.4) is 0 Å². The average Bonchev–Trinajstić information content (AvgIpc) is 3.55. The van der Waals surface area contributed by atoms with Gasteiger partial charge in [-0.3, -0.25) is 9.59 Å². The minimum atomic E-state index is -3.53. The van der Waals surface area contributed by atoms with Crippen LogP contribution in [0.2, 0.25) is 0 Å². The molecule has 160 valence electrons. The number of thioether (sulfide) groups is 1. The quantitative estimate of drug-likeness (QED) is 0.609. The van der Waals surface area contributed by atoms with E-state index in [-0.39, 0.29) is 28.7 Å². The van der Waals surface area contributed by atoms with Crippen molar-refractivity contribution in [3.05, 3.63) is 30.3 Å². The first kappa shape index (κ1) is 22.1. The van der Waals surface area contributed by atoms with Crippen LogP contribution in [0.5, 0.6) is 0 Å². The van der Waals surface area contributed by atoms with Crippen molar-refractivity contribution in [3.8, 4) is 0 Å². The molecule has 0 radical (unpaired) electrons. The molecule has 0 aromatic heterocycles. The zero-order valence-electron chi connectivity index (χ0n) is 16.7. The fourth-order valence-electron chi connectivity index (χ4n) is 3.42. The van der Waals surface area contributed by atoms with E-state index >= 15 is 0 Å². The van der Waals surface area contributed by atoms with Gasteiger partial charge in [0.1, 0.15) is 6.04 Å². The number of piperidine rings is 1. The number of sulfonamides is 1. The molecule has 3 rings (SSSR count). The van der Waals surface area contributed by atoms with Crippen LogP contribution in [0.15, 0.2) is 35.2 Å². The van der Waals surface area contributed by atoms with E-state index in [1.165, 1.54) is 4.31 Å². The second kappa shape index (κ2) is 9.95. The summed E-state index contributed by atoms with van der Waals surface area (Å²) in [5.41, 5.74) is 0. The smallest absolute Gasteiger partial charge is 0.243 e. The number of benzene rings is 1. The van der Waals surface area contributed by atoms with E-state index in [2.05, 4.69) is 10.6 Å². The number of nitrogens with zero attached hydrogens (tertiary/aromatic N) is 1. The third-order valence-corrected chi connectivity index (χ3v) is 7.93. The number of nitrogens with one attached hydrogen (secondary N) is 2. The van der Waals surface area contributed by atoms with E-state index < -0.39 is 16.1 Å². The zero-order valence-corrected chi connectivity index (χ0v) is 18.3. The van der Waals surface area contributed by atoms with Crippen LogP contribution < -0.4 is 10.6 Å². The van der Waals surface area contributed by atoms with Crippen molar-refractivity contribution in [3.63, 3.8) is 0 Å². The molecular weight excluding hydrogens is 410 g/mol. The van der Waals surface area contributed by atoms with Gasteiger partial charge in [-0.25, -0.2) is 8.42 Å². The highest BCUT2D eigenvalue weighted by atomic mass is 32.2. The summed E-state index contributed by atoms with van der Waals surface area (Å²) < 4.78 is 26.9. The van der Waals surface area contributed by atoms with Gasteiger partial charge in [-0.2, -0.15) is 16.1 Å². The second-order valence-electron chi connectivity index (χ2n) is 7.62. The molecule has 1 aromatic carbocycles. The lowest BCUT2D eigenvalue weighted by atomic mass is 9.96. The molecular formula is C20H29N3O4S2. The van der Waals surface area contributed by atoms with E-state index in [4.69, 9.17) is 0 Å². The molecule has 2 amide bonds. The Labute approximate surface area is 177 Å². The number of hydrogen-bond donors (Lipinski definition) is 2. The Kier molecular flexibility index (Phi) is 7.59. The van der Waals surface area contributed by atoms with Gasteiger partial charge in [-0.1, -0.05) is 18.2 Å². The second-order valence-corrected chi connectivity index (χ2v) is 10.5. The minimum Gasteiger partial charge on any atom is -0.352 e. The highest BCUT2D eigenvalue weighted by Gasteiger charge is 2.34. The summed E-state index contributed by atoms with van der Waals surface area (Å²) >= 11 is 1.64. The molecule has 2 fully saturated rings. The van der Waals surface area contributed by atoms with Gasteiger partial charge in [-0.15, -0.1) is 0 Å². The van der Waals surface area contributed by atoms with Gasteiger partial charge in [0.15, 0.2) is 0 Å². The van der Waals surface area contributed by atoms with Crippen molar-refractivity contribution in [1.82, 2.24) is 14.9 Å². The number of carbonyl (C=O) groups excluding carboxylic acids is 2. The summed E-state index contributed by atoms with van der Waals surface area (Å²) in [6, 6.07) is 8.08. The average molecular weight is 440 g/mol. The van der Waals surface area contributed by atoms with E-state index in [1.807, 2.05) is 6.26 Å². The molecule has 9 heteroatoms. The molecule has 1 atom stereocenters. The van der Waals surface area contributed by atoms with Crippen LogP contribution in [0.4, 0.5) is 0 Å². The first-order chi connectivity index (χ1) is 13.9. The Morgan fingerprint density at radius 3 is 2.38 bits per heavy atom. The van der Waals surface area contributed by atoms with E-state index in [9.17, 15) is 18.0 Å². The lowest BCUT2D eigenvalue weighted by molar-refractivity contribution is -0.132. The summed E-state index contributed by atoms with van der Waals surface area (Å²) in [7, 11) is -3.53. The van der Waals surface area contributed by atoms with Gasteiger partial charge in [0, 0.05) is 25.0 Å². The topological polar surface area (TPSA) is 95.6 Å². The SMILES string of the molecule is CSCC[C@@H](NC(=O)C1CCN(S(=O)(=O)c2ccccc2)CC1)C(=O)NC1CC1. The van der Waals surface area contributed by atoms with Gasteiger partial charge in [0.2, 0.25) is 21.8 Å². The van der Waals surface area contributed by atoms with E-state index in [1.54, 1.807) is 42.1 Å². The maximum absolute atomic E-state index is 12.7. The Morgan fingerprint density at radius 2 is 1.79 bits per heavy atom. The lowest BCUT2D eigenvalue weighted by Crippen LogP contribution is -2.51. The number of hydrogen-bond acceptors (Lipinski definition) is 5. The molecule has 1 aliphatic heterocycles. The van der Waals surface area contributed by atoms with Crippen LogP contribution >= 0.6 is 11.8 Å². The first-order valence-corrected chi connectivity index (χ1v) is 12.9. The molecule has 2 N–H and O–H groups in total. The van der Waals surface area contributed by atoms with Crippen LogP contribution in [0.1, 0.15) is 32.1 Å². The fourth-order valence-corrected chi connectivity index (χ4v) is 5.39. The van der Waals surface area contributed by atoms with E-state index in [0.717, 1.165) is 18.6 Å². The Balaban J connectivity index is 1.54. The summed E-state index contributed by atoms with van der Waals surface area (Å²) in [6.45, 7) is 0.609. The standard InChI is InChI=1S/C20H29N3O4S2/c1-28-14-11-18(20(25)21-16-7-8-16)22-19(24)15-9-12-23(13-10-15)29(26,27)17-5-3-2-4-6-17/h2-6,15-16,18H,7-14H2,1H3,(H,21,25)(H,22,24)/t18-/m1/s1. The summed E-state index contributed by atoms with van der Waals surface area (Å²) in [5.74, 6) is 0.247. The molecule has 1 saturated carbocycles. The van der Waals surface area contributed by atoms with Crippen molar-refractivity contribution in [2.24, 2.45) is 5.92 Å². The van der Waals surface area contributed by atoms with Gasteiger partial charge in [0.25, 0.3) is 0 Å². The van der Waals surface area contributed by atoms with Crippen molar-refractivity contribution >= 4 is 33.6 Å². The van der Waals surface area contributed by atoms with Crippen LogP contribution in [-0.2, 0) is 19.6 Å². The van der Waals surface area contributed by atoms with Crippen LogP contribution in [0.25, 0.3) is 0 Å². The normalized spacial score (nSPS) is 19.5. The molecule has 29 heavy (non-hydrogen) atoms. The van der Waals surface area contributed by atoms with Crippen molar-refractivity contribution < 1.29 is 18.0 Å². The molecule has 0 bridgehead atoms. The predicted molar refractivity (Wildman–Crippen MR) is 114 cm³/mol. The monoisotopic (exact) mass is 439 g/mol. The Hall–Kier alpha value is -1.58. The largest absolute Gasteiger partial charge is 0.352 e. The van der Waals surface area contributed by atoms with Gasteiger partial charge < -0.3 is 10.6 Å². The lowest BCUT2D eigenvalue weighted by Gasteiger charge is -2.31. The molecule has 1 aliphatic carbocycles. The van der Waals surface area contributed by atoms with Crippen LogP contribution in [0, 0.1) is 5.92 Å².